The molecule has 0 bridgehead atoms. The molecule has 1 saturated carbocycles. The lowest BCUT2D eigenvalue weighted by Gasteiger charge is -2.34. The number of rotatable bonds is 10. The molecule has 1 saturated heterocycles. The van der Waals surface area contributed by atoms with E-state index in [2.05, 4.69) is 10.3 Å². The summed E-state index contributed by atoms with van der Waals surface area (Å²) in [6, 6.07) is 6.03. The van der Waals surface area contributed by atoms with Gasteiger partial charge in [-0.2, -0.15) is 0 Å². The highest BCUT2D eigenvalue weighted by atomic mass is 16.5. The smallest absolute Gasteiger partial charge is 0.302 e. The number of ether oxygens (including phenoxy) is 2. The predicted molar refractivity (Wildman–Crippen MR) is 127 cm³/mol. The second kappa shape index (κ2) is 11.4. The molecule has 1 aromatic carbocycles. The molecule has 2 amide bonds. The van der Waals surface area contributed by atoms with E-state index in [0.29, 0.717) is 38.6 Å². The minimum absolute atomic E-state index is 0.0361. The van der Waals surface area contributed by atoms with E-state index in [9.17, 15) is 14.4 Å². The zero-order chi connectivity index (χ0) is 23.9. The number of hydrogen-bond acceptors (Lipinski definition) is 7. The highest BCUT2D eigenvalue weighted by Crippen LogP contribution is 2.30. The molecule has 2 fully saturated rings. The van der Waals surface area contributed by atoms with Crippen LogP contribution in [0.4, 0.5) is 5.69 Å². The molecule has 3 aliphatic rings. The van der Waals surface area contributed by atoms with Crippen LogP contribution >= 0.6 is 0 Å². The van der Waals surface area contributed by atoms with Crippen molar-refractivity contribution in [2.24, 2.45) is 4.99 Å². The average Bonchev–Trinajstić information content (AvgIpc) is 3.19. The number of esters is 1. The molecule has 0 atom stereocenters. The molecule has 184 valence electrons. The molecule has 0 unspecified atom stereocenters. The Morgan fingerprint density at radius 1 is 1.15 bits per heavy atom. The van der Waals surface area contributed by atoms with Crippen LogP contribution in [-0.4, -0.2) is 65.9 Å². The van der Waals surface area contributed by atoms with Crippen molar-refractivity contribution >= 4 is 29.4 Å². The lowest BCUT2D eigenvalue weighted by atomic mass is 9.94. The first-order chi connectivity index (χ1) is 16.5. The maximum absolute atomic E-state index is 12.9. The number of fused-ring (bicyclic) bond motifs is 2. The number of aliphatic imine (C=N–C) groups is 1. The van der Waals surface area contributed by atoms with Gasteiger partial charge in [-0.1, -0.05) is 19.3 Å². The first-order valence-corrected chi connectivity index (χ1v) is 12.3. The number of carbonyl (C=O) groups excluding carboxylic acids is 3. The summed E-state index contributed by atoms with van der Waals surface area (Å²) >= 11 is 0. The number of hydrogen-bond donors (Lipinski definition) is 1. The Kier molecular flexibility index (Phi) is 8.03. The topological polar surface area (TPSA) is 101 Å². The van der Waals surface area contributed by atoms with Crippen molar-refractivity contribution in [2.75, 3.05) is 26.3 Å². The summed E-state index contributed by atoms with van der Waals surface area (Å²) in [6.07, 6.45) is 7.57. The van der Waals surface area contributed by atoms with Crippen molar-refractivity contribution in [3.05, 3.63) is 23.8 Å². The summed E-state index contributed by atoms with van der Waals surface area (Å²) in [7, 11) is 0. The Balaban J connectivity index is 1.21. The van der Waals surface area contributed by atoms with Gasteiger partial charge in [-0.15, -0.1) is 0 Å². The van der Waals surface area contributed by atoms with Gasteiger partial charge in [0.15, 0.2) is 0 Å². The summed E-state index contributed by atoms with van der Waals surface area (Å²) in [5.41, 5.74) is 1.88. The number of nitrogens with one attached hydrogen (secondary N) is 1. The average molecular weight is 471 g/mol. The zero-order valence-electron chi connectivity index (χ0n) is 19.9. The largest absolute Gasteiger partial charge is 0.494 e. The van der Waals surface area contributed by atoms with Crippen LogP contribution in [0.1, 0.15) is 63.9 Å². The number of nitrogens with zero attached hydrogens (tertiary/aromatic N) is 3. The highest BCUT2D eigenvalue weighted by molar-refractivity contribution is 6.05. The zero-order valence-corrected chi connectivity index (χ0v) is 19.9. The summed E-state index contributed by atoms with van der Waals surface area (Å²) in [6.45, 7) is 3.61. The van der Waals surface area contributed by atoms with Crippen LogP contribution in [0.25, 0.3) is 0 Å². The van der Waals surface area contributed by atoms with Crippen LogP contribution in [0, 0.1) is 0 Å². The monoisotopic (exact) mass is 470 g/mol. The van der Waals surface area contributed by atoms with Crippen LogP contribution in [0.2, 0.25) is 0 Å². The second-order valence-corrected chi connectivity index (χ2v) is 9.15. The Labute approximate surface area is 200 Å². The number of unbranched alkanes of at least 4 members (excludes halogenated alkanes) is 1. The first kappa shape index (κ1) is 24.0. The summed E-state index contributed by atoms with van der Waals surface area (Å²) in [5, 5.41) is 2.77. The molecule has 2 heterocycles. The van der Waals surface area contributed by atoms with Crippen molar-refractivity contribution in [2.45, 2.75) is 70.9 Å². The Bertz CT molecular complexity index is 941. The van der Waals surface area contributed by atoms with Crippen LogP contribution in [0.15, 0.2) is 23.2 Å². The van der Waals surface area contributed by atoms with Gasteiger partial charge in [-0.05, 0) is 43.9 Å². The van der Waals surface area contributed by atoms with E-state index in [-0.39, 0.29) is 30.4 Å². The minimum atomic E-state index is -0.312. The maximum atomic E-state index is 12.9. The number of carbonyl (C=O) groups is 3. The van der Waals surface area contributed by atoms with Crippen LogP contribution in [0.3, 0.4) is 0 Å². The minimum Gasteiger partial charge on any atom is -0.494 e. The van der Waals surface area contributed by atoms with E-state index in [0.717, 1.165) is 55.5 Å². The van der Waals surface area contributed by atoms with Crippen molar-refractivity contribution in [3.63, 3.8) is 0 Å². The normalized spacial score (nSPS) is 17.4. The molecular weight excluding hydrogens is 436 g/mol. The molecule has 0 spiro atoms. The van der Waals surface area contributed by atoms with Crippen molar-refractivity contribution in [1.82, 2.24) is 15.1 Å². The van der Waals surface area contributed by atoms with Gasteiger partial charge in [0.25, 0.3) is 0 Å². The summed E-state index contributed by atoms with van der Waals surface area (Å²) in [4.78, 5) is 44.0. The van der Waals surface area contributed by atoms with Gasteiger partial charge in [0.2, 0.25) is 17.8 Å². The molecule has 4 rings (SSSR count). The van der Waals surface area contributed by atoms with Crippen LogP contribution < -0.4 is 10.1 Å². The van der Waals surface area contributed by atoms with E-state index in [1.807, 2.05) is 28.0 Å². The van der Waals surface area contributed by atoms with Gasteiger partial charge in [0.05, 0.1) is 18.8 Å². The van der Waals surface area contributed by atoms with Gasteiger partial charge in [-0.3, -0.25) is 19.7 Å². The molecular formula is C25H34N4O5. The summed E-state index contributed by atoms with van der Waals surface area (Å²) < 4.78 is 11.0. The molecule has 9 nitrogen and oxygen atoms in total. The van der Waals surface area contributed by atoms with Crippen molar-refractivity contribution < 1.29 is 23.9 Å². The lowest BCUT2D eigenvalue weighted by Crippen LogP contribution is -2.43. The molecule has 1 N–H and O–H groups in total. The van der Waals surface area contributed by atoms with Gasteiger partial charge < -0.3 is 19.3 Å². The molecule has 9 heteroatoms. The predicted octanol–water partition coefficient (Wildman–Crippen LogP) is 2.89. The number of amides is 2. The molecule has 0 aromatic heterocycles. The van der Waals surface area contributed by atoms with E-state index >= 15 is 0 Å². The lowest BCUT2D eigenvalue weighted by molar-refractivity contribution is -0.144. The molecule has 1 aliphatic carbocycles. The summed E-state index contributed by atoms with van der Waals surface area (Å²) in [5.74, 6) is 1.17. The molecule has 2 aliphatic heterocycles. The van der Waals surface area contributed by atoms with Crippen molar-refractivity contribution in [3.8, 4) is 5.75 Å². The van der Waals surface area contributed by atoms with Gasteiger partial charge in [0, 0.05) is 31.5 Å². The third-order valence-corrected chi connectivity index (χ3v) is 6.55. The fourth-order valence-corrected chi connectivity index (χ4v) is 4.83. The van der Waals surface area contributed by atoms with Gasteiger partial charge >= 0.3 is 5.97 Å². The quantitative estimate of drug-likeness (QED) is 0.417. The Hall–Kier alpha value is -3.10. The molecule has 1 aromatic rings. The van der Waals surface area contributed by atoms with Gasteiger partial charge in [0.1, 0.15) is 18.9 Å². The second-order valence-electron chi connectivity index (χ2n) is 9.15. The van der Waals surface area contributed by atoms with E-state index in [1.165, 1.54) is 13.3 Å². The highest BCUT2D eigenvalue weighted by Gasteiger charge is 2.29. The Morgan fingerprint density at radius 2 is 1.97 bits per heavy atom. The van der Waals surface area contributed by atoms with E-state index in [1.54, 1.807) is 0 Å². The molecule has 0 radical (unpaired) electrons. The van der Waals surface area contributed by atoms with E-state index in [4.69, 9.17) is 9.47 Å². The number of guanidine groups is 1. The van der Waals surface area contributed by atoms with Crippen LogP contribution in [0.5, 0.6) is 5.75 Å². The van der Waals surface area contributed by atoms with Gasteiger partial charge in [-0.25, -0.2) is 4.99 Å². The maximum Gasteiger partial charge on any atom is 0.302 e. The third-order valence-electron chi connectivity index (χ3n) is 6.55. The van der Waals surface area contributed by atoms with E-state index < -0.39 is 0 Å². The number of benzene rings is 1. The Morgan fingerprint density at radius 3 is 2.76 bits per heavy atom. The molecule has 34 heavy (non-hydrogen) atoms. The first-order valence-electron chi connectivity index (χ1n) is 12.3. The fourth-order valence-electron chi connectivity index (χ4n) is 4.83. The van der Waals surface area contributed by atoms with Crippen LogP contribution in [-0.2, 0) is 25.7 Å². The fraction of sp³-hybridized carbons (Fsp3) is 0.600. The SMILES string of the molecule is CC(=O)OCCN(C(=O)CCCCOc1ccc2c(c1)CN1CC(=O)NC1=N2)C1CCCCC1. The standard InChI is InChI=1S/C25H34N4O5/c1-18(30)33-14-12-29(20-7-3-2-4-8-20)24(32)9-5-6-13-34-21-10-11-22-19(15-21)16-28-17-23(31)27-25(28)26-22/h10-11,15,20H,2-9,12-14,16-17H2,1H3,(H,26,27,31). The van der Waals surface area contributed by atoms with Crippen molar-refractivity contribution in [1.29, 1.82) is 0 Å². The third kappa shape index (κ3) is 6.27.